The molecule has 0 unspecified atom stereocenters. The van der Waals surface area contributed by atoms with Crippen molar-refractivity contribution in [1.29, 1.82) is 0 Å². The Balaban J connectivity index is 2.26. The van der Waals surface area contributed by atoms with Gasteiger partial charge in [-0.25, -0.2) is 4.98 Å². The van der Waals surface area contributed by atoms with Gasteiger partial charge in [-0.1, -0.05) is 30.0 Å². The van der Waals surface area contributed by atoms with Crippen LogP contribution in [0.15, 0.2) is 35.6 Å². The van der Waals surface area contributed by atoms with Crippen molar-refractivity contribution in [1.82, 2.24) is 14.5 Å². The summed E-state index contributed by atoms with van der Waals surface area (Å²) >= 11 is 1.15. The van der Waals surface area contributed by atoms with Gasteiger partial charge in [0, 0.05) is 13.1 Å². The molecule has 0 atom stereocenters. The molecular formula is C18H22F3N3O2S. The van der Waals surface area contributed by atoms with Crippen molar-refractivity contribution < 1.29 is 23.1 Å². The largest absolute Gasteiger partial charge is 0.416 e. The Morgan fingerprint density at radius 3 is 2.52 bits per heavy atom. The number of aliphatic hydroxyl groups is 1. The van der Waals surface area contributed by atoms with Gasteiger partial charge in [0.05, 0.1) is 36.4 Å². The van der Waals surface area contributed by atoms with Crippen LogP contribution in [-0.2, 0) is 24.1 Å². The zero-order chi connectivity index (χ0) is 20.0. The molecule has 1 heterocycles. The minimum atomic E-state index is -4.47. The Morgan fingerprint density at radius 2 is 1.93 bits per heavy atom. The first-order valence-electron chi connectivity index (χ1n) is 8.52. The Bertz CT molecular complexity index is 773. The Labute approximate surface area is 160 Å². The Kier molecular flexibility index (Phi) is 7.32. The lowest BCUT2D eigenvalue weighted by molar-refractivity contribution is -0.138. The summed E-state index contributed by atoms with van der Waals surface area (Å²) in [6, 6.07) is 5.31. The molecule has 1 aromatic heterocycles. The monoisotopic (exact) mass is 401 g/mol. The number of benzene rings is 1. The number of alkyl halides is 3. The molecule has 9 heteroatoms. The molecule has 0 radical (unpaired) electrons. The maximum atomic E-state index is 13.3. The van der Waals surface area contributed by atoms with Crippen molar-refractivity contribution in [2.75, 3.05) is 18.8 Å². The van der Waals surface area contributed by atoms with Gasteiger partial charge in [-0.3, -0.25) is 4.79 Å². The number of amides is 1. The van der Waals surface area contributed by atoms with Crippen LogP contribution < -0.4 is 0 Å². The third-order valence-electron chi connectivity index (χ3n) is 4.16. The first kappa shape index (κ1) is 21.3. The molecule has 148 valence electrons. The van der Waals surface area contributed by atoms with Crippen LogP contribution in [0.4, 0.5) is 13.2 Å². The smallest absolute Gasteiger partial charge is 0.390 e. The van der Waals surface area contributed by atoms with Crippen molar-refractivity contribution in [2.45, 2.75) is 38.3 Å². The van der Waals surface area contributed by atoms with E-state index in [-0.39, 0.29) is 30.4 Å². The number of aliphatic hydroxyl groups excluding tert-OH is 1. The van der Waals surface area contributed by atoms with Crippen LogP contribution >= 0.6 is 11.8 Å². The van der Waals surface area contributed by atoms with Crippen molar-refractivity contribution in [3.8, 4) is 0 Å². The van der Waals surface area contributed by atoms with Crippen LogP contribution in [0.25, 0.3) is 0 Å². The molecule has 1 aromatic carbocycles. The number of carbonyl (C=O) groups excluding carboxylic acids is 1. The zero-order valence-electron chi connectivity index (χ0n) is 15.2. The number of carbonyl (C=O) groups is 1. The summed E-state index contributed by atoms with van der Waals surface area (Å²) in [6.07, 6.45) is -3.05. The van der Waals surface area contributed by atoms with E-state index >= 15 is 0 Å². The number of hydrogen-bond acceptors (Lipinski definition) is 4. The Hall–Kier alpha value is -2.00. The summed E-state index contributed by atoms with van der Waals surface area (Å²) < 4.78 is 41.3. The standard InChI is InChI=1S/C18H22F3N3O2S/c1-3-23(4-2)16(26)12-27-17-22-9-14(11-25)24(17)10-13-7-5-6-8-15(13)18(19,20)21/h5-9,25H,3-4,10-12H2,1-2H3. The topological polar surface area (TPSA) is 58.4 Å². The number of imidazole rings is 1. The van der Waals surface area contributed by atoms with Crippen LogP contribution in [0, 0.1) is 0 Å². The Morgan fingerprint density at radius 1 is 1.26 bits per heavy atom. The SMILES string of the molecule is CCN(CC)C(=O)CSc1ncc(CO)n1Cc1ccccc1C(F)(F)F. The third-order valence-corrected chi connectivity index (χ3v) is 5.13. The number of aromatic nitrogens is 2. The highest BCUT2D eigenvalue weighted by Gasteiger charge is 2.33. The van der Waals surface area contributed by atoms with Crippen LogP contribution in [0.3, 0.4) is 0 Å². The normalized spacial score (nSPS) is 11.6. The zero-order valence-corrected chi connectivity index (χ0v) is 16.0. The van der Waals surface area contributed by atoms with Gasteiger partial charge in [0.2, 0.25) is 5.91 Å². The van der Waals surface area contributed by atoms with E-state index in [1.165, 1.54) is 29.0 Å². The van der Waals surface area contributed by atoms with Crippen molar-refractivity contribution >= 4 is 17.7 Å². The first-order chi connectivity index (χ1) is 12.8. The van der Waals surface area contributed by atoms with Crippen molar-refractivity contribution in [2.24, 2.45) is 0 Å². The summed E-state index contributed by atoms with van der Waals surface area (Å²) in [6.45, 7) is 4.49. The fraction of sp³-hybridized carbons (Fsp3) is 0.444. The minimum absolute atomic E-state index is 0.0687. The van der Waals surface area contributed by atoms with Gasteiger partial charge in [-0.05, 0) is 25.5 Å². The van der Waals surface area contributed by atoms with E-state index in [0.29, 0.717) is 23.9 Å². The summed E-state index contributed by atoms with van der Waals surface area (Å²) in [5, 5.41) is 9.91. The molecule has 0 fully saturated rings. The number of thioether (sulfide) groups is 1. The van der Waals surface area contributed by atoms with Crippen LogP contribution in [0.2, 0.25) is 0 Å². The molecule has 1 amide bonds. The van der Waals surface area contributed by atoms with E-state index in [0.717, 1.165) is 17.8 Å². The van der Waals surface area contributed by atoms with E-state index in [4.69, 9.17) is 0 Å². The molecule has 1 N–H and O–H groups in total. The molecular weight excluding hydrogens is 379 g/mol. The van der Waals surface area contributed by atoms with E-state index in [9.17, 15) is 23.1 Å². The lowest BCUT2D eigenvalue weighted by Crippen LogP contribution is -2.32. The molecule has 0 aliphatic heterocycles. The second-order valence-corrected chi connectivity index (χ2v) is 6.73. The number of hydrogen-bond donors (Lipinski definition) is 1. The highest BCUT2D eigenvalue weighted by Crippen LogP contribution is 2.33. The molecule has 2 aromatic rings. The fourth-order valence-corrected chi connectivity index (χ4v) is 3.60. The maximum Gasteiger partial charge on any atom is 0.416 e. The van der Waals surface area contributed by atoms with Crippen molar-refractivity contribution in [3.05, 3.63) is 47.3 Å². The molecule has 0 aliphatic carbocycles. The first-order valence-corrected chi connectivity index (χ1v) is 9.51. The molecule has 2 rings (SSSR count). The lowest BCUT2D eigenvalue weighted by atomic mass is 10.1. The van der Waals surface area contributed by atoms with E-state index in [1.807, 2.05) is 13.8 Å². The average molecular weight is 401 g/mol. The molecule has 0 spiro atoms. The van der Waals surface area contributed by atoms with E-state index in [1.54, 1.807) is 4.90 Å². The predicted molar refractivity (Wildman–Crippen MR) is 97.3 cm³/mol. The van der Waals surface area contributed by atoms with Crippen LogP contribution in [0.1, 0.15) is 30.7 Å². The second kappa shape index (κ2) is 9.27. The van der Waals surface area contributed by atoms with Gasteiger partial charge in [0.1, 0.15) is 0 Å². The van der Waals surface area contributed by atoms with Gasteiger partial charge >= 0.3 is 6.18 Å². The van der Waals surface area contributed by atoms with Crippen LogP contribution in [-0.4, -0.2) is 44.3 Å². The molecule has 5 nitrogen and oxygen atoms in total. The van der Waals surface area contributed by atoms with E-state index < -0.39 is 11.7 Å². The van der Waals surface area contributed by atoms with Gasteiger partial charge in [-0.2, -0.15) is 13.2 Å². The highest BCUT2D eigenvalue weighted by atomic mass is 32.2. The van der Waals surface area contributed by atoms with Gasteiger partial charge < -0.3 is 14.6 Å². The highest BCUT2D eigenvalue weighted by molar-refractivity contribution is 7.99. The average Bonchev–Trinajstić information content (AvgIpc) is 3.02. The number of nitrogens with zero attached hydrogens (tertiary/aromatic N) is 3. The number of rotatable bonds is 8. The molecule has 0 saturated carbocycles. The van der Waals surface area contributed by atoms with Gasteiger partial charge in [-0.15, -0.1) is 0 Å². The fourth-order valence-electron chi connectivity index (χ4n) is 2.70. The molecule has 0 bridgehead atoms. The second-order valence-electron chi connectivity index (χ2n) is 5.79. The summed E-state index contributed by atoms with van der Waals surface area (Å²) in [5.41, 5.74) is -0.253. The molecule has 27 heavy (non-hydrogen) atoms. The van der Waals surface area contributed by atoms with E-state index in [2.05, 4.69) is 4.98 Å². The molecule has 0 aliphatic rings. The summed E-state index contributed by atoms with van der Waals surface area (Å²) in [4.78, 5) is 18.0. The van der Waals surface area contributed by atoms with Gasteiger partial charge in [0.25, 0.3) is 0 Å². The summed E-state index contributed by atoms with van der Waals surface area (Å²) in [5.74, 6) is 0.0607. The van der Waals surface area contributed by atoms with Crippen LogP contribution in [0.5, 0.6) is 0 Å². The third kappa shape index (κ3) is 5.26. The minimum Gasteiger partial charge on any atom is -0.390 e. The van der Waals surface area contributed by atoms with Crippen molar-refractivity contribution in [3.63, 3.8) is 0 Å². The predicted octanol–water partition coefficient (Wildman–Crippen LogP) is 3.40. The quantitative estimate of drug-likeness (QED) is 0.689. The molecule has 0 saturated heterocycles. The number of halogens is 3. The van der Waals surface area contributed by atoms with Gasteiger partial charge in [0.15, 0.2) is 5.16 Å². The maximum absolute atomic E-state index is 13.3. The summed E-state index contributed by atoms with van der Waals surface area (Å²) in [7, 11) is 0. The lowest BCUT2D eigenvalue weighted by Gasteiger charge is -2.19.